The molecular weight excluding hydrogens is 376 g/mol. The van der Waals surface area contributed by atoms with Crippen molar-refractivity contribution in [2.24, 2.45) is 0 Å². The summed E-state index contributed by atoms with van der Waals surface area (Å²) < 4.78 is 32.0. The topological polar surface area (TPSA) is 79.6 Å². The summed E-state index contributed by atoms with van der Waals surface area (Å²) in [5.41, 5.74) is 0. The molecule has 0 bridgehead atoms. The van der Waals surface area contributed by atoms with E-state index in [0.717, 1.165) is 20.8 Å². The first-order valence-corrected chi connectivity index (χ1v) is 10.6. The van der Waals surface area contributed by atoms with Crippen LogP contribution in [0.4, 0.5) is 0 Å². The maximum Gasteiger partial charge on any atom is 0.243 e. The van der Waals surface area contributed by atoms with Crippen LogP contribution in [0.3, 0.4) is 0 Å². The fraction of sp³-hybridized carbons (Fsp3) is 0.286. The molecule has 0 radical (unpaired) electrons. The van der Waals surface area contributed by atoms with Gasteiger partial charge >= 0.3 is 0 Å². The number of carbonyl (C=O) groups excluding carboxylic acids is 1. The number of fused-ring (bicyclic) bond motifs is 1. The number of carbonyl (C=O) groups is 1. The normalized spacial score (nSPS) is 13.0. The molecule has 148 valence electrons. The molecule has 0 aliphatic heterocycles. The Morgan fingerprint density at radius 1 is 1.11 bits per heavy atom. The number of furan rings is 1. The maximum atomic E-state index is 12.8. The summed E-state index contributed by atoms with van der Waals surface area (Å²) >= 11 is 0. The Labute approximate surface area is 165 Å². The summed E-state index contributed by atoms with van der Waals surface area (Å²) in [6, 6.07) is 16.1. The lowest BCUT2D eigenvalue weighted by atomic mass is 10.1. The Balaban J connectivity index is 1.60. The molecule has 7 heteroatoms. The van der Waals surface area contributed by atoms with Crippen molar-refractivity contribution >= 4 is 26.7 Å². The third kappa shape index (κ3) is 4.79. The number of hydrogen-bond acceptors (Lipinski definition) is 4. The van der Waals surface area contributed by atoms with Crippen molar-refractivity contribution in [2.75, 3.05) is 13.6 Å². The van der Waals surface area contributed by atoms with Crippen molar-refractivity contribution in [3.63, 3.8) is 0 Å². The van der Waals surface area contributed by atoms with Crippen LogP contribution in [0.2, 0.25) is 0 Å². The summed E-state index contributed by atoms with van der Waals surface area (Å²) in [5.74, 6) is 0.524. The fourth-order valence-electron chi connectivity index (χ4n) is 3.00. The zero-order valence-electron chi connectivity index (χ0n) is 16.0. The van der Waals surface area contributed by atoms with E-state index in [0.29, 0.717) is 12.8 Å². The third-order valence-electron chi connectivity index (χ3n) is 4.61. The van der Waals surface area contributed by atoms with E-state index < -0.39 is 10.0 Å². The number of benzene rings is 2. The van der Waals surface area contributed by atoms with Crippen LogP contribution in [0.25, 0.3) is 10.8 Å². The van der Waals surface area contributed by atoms with Gasteiger partial charge in [0, 0.05) is 19.5 Å². The van der Waals surface area contributed by atoms with Gasteiger partial charge in [0.05, 0.1) is 17.7 Å². The van der Waals surface area contributed by atoms with Gasteiger partial charge < -0.3 is 9.73 Å². The first kappa shape index (κ1) is 20.1. The summed E-state index contributed by atoms with van der Waals surface area (Å²) in [6.45, 7) is 1.65. The van der Waals surface area contributed by atoms with Crippen molar-refractivity contribution in [3.05, 3.63) is 66.6 Å². The molecule has 1 atom stereocenters. The minimum Gasteiger partial charge on any atom is -0.469 e. The smallest absolute Gasteiger partial charge is 0.243 e. The van der Waals surface area contributed by atoms with Crippen molar-refractivity contribution < 1.29 is 17.6 Å². The van der Waals surface area contributed by atoms with Gasteiger partial charge in [0.15, 0.2) is 0 Å². The van der Waals surface area contributed by atoms with Crippen LogP contribution in [0, 0.1) is 0 Å². The predicted octanol–water partition coefficient (Wildman–Crippen LogP) is 3.19. The van der Waals surface area contributed by atoms with Gasteiger partial charge in [0.2, 0.25) is 15.9 Å². The van der Waals surface area contributed by atoms with E-state index in [9.17, 15) is 13.2 Å². The van der Waals surface area contributed by atoms with Crippen LogP contribution in [0.1, 0.15) is 19.1 Å². The zero-order valence-corrected chi connectivity index (χ0v) is 16.8. The highest BCUT2D eigenvalue weighted by atomic mass is 32.2. The minimum atomic E-state index is -3.75. The predicted molar refractivity (Wildman–Crippen MR) is 108 cm³/mol. The highest BCUT2D eigenvalue weighted by Gasteiger charge is 2.23. The monoisotopic (exact) mass is 400 g/mol. The van der Waals surface area contributed by atoms with E-state index in [1.165, 1.54) is 7.05 Å². The largest absolute Gasteiger partial charge is 0.469 e. The Hall–Kier alpha value is -2.64. The SMILES string of the molecule is CC(CCc1ccco1)NC(=O)CN(C)S(=O)(=O)c1ccc2ccccc2c1. The number of nitrogens with zero attached hydrogens (tertiary/aromatic N) is 1. The molecule has 1 aromatic heterocycles. The zero-order chi connectivity index (χ0) is 20.1. The molecule has 6 nitrogen and oxygen atoms in total. The molecule has 1 unspecified atom stereocenters. The highest BCUT2D eigenvalue weighted by molar-refractivity contribution is 7.89. The summed E-state index contributed by atoms with van der Waals surface area (Å²) in [6.07, 6.45) is 3.03. The summed E-state index contributed by atoms with van der Waals surface area (Å²) in [5, 5.41) is 4.65. The average Bonchev–Trinajstić information content (AvgIpc) is 3.19. The van der Waals surface area contributed by atoms with Gasteiger partial charge in [0.1, 0.15) is 5.76 Å². The Morgan fingerprint density at radius 2 is 1.86 bits per heavy atom. The van der Waals surface area contributed by atoms with E-state index in [1.807, 2.05) is 43.3 Å². The van der Waals surface area contributed by atoms with Gasteiger partial charge in [-0.25, -0.2) is 8.42 Å². The fourth-order valence-corrected chi connectivity index (χ4v) is 4.16. The van der Waals surface area contributed by atoms with Crippen molar-refractivity contribution in [2.45, 2.75) is 30.7 Å². The average molecular weight is 401 g/mol. The molecule has 0 saturated heterocycles. The lowest BCUT2D eigenvalue weighted by Crippen LogP contribution is -2.41. The lowest BCUT2D eigenvalue weighted by molar-refractivity contribution is -0.121. The molecule has 2 aromatic carbocycles. The van der Waals surface area contributed by atoms with E-state index in [4.69, 9.17) is 4.42 Å². The Morgan fingerprint density at radius 3 is 2.57 bits per heavy atom. The molecule has 0 aliphatic rings. The van der Waals surface area contributed by atoms with Gasteiger partial charge in [0.25, 0.3) is 0 Å². The molecule has 0 spiro atoms. The highest BCUT2D eigenvalue weighted by Crippen LogP contribution is 2.21. The van der Waals surface area contributed by atoms with Crippen LogP contribution in [-0.4, -0.2) is 38.3 Å². The minimum absolute atomic E-state index is 0.0885. The molecular formula is C21H24N2O4S. The number of nitrogens with one attached hydrogen (secondary N) is 1. The molecule has 1 heterocycles. The van der Waals surface area contributed by atoms with Crippen LogP contribution in [0.15, 0.2) is 70.2 Å². The Kier molecular flexibility index (Phi) is 6.16. The standard InChI is InChI=1S/C21H24N2O4S/c1-16(9-11-19-8-5-13-27-19)22-21(24)15-23(2)28(25,26)20-12-10-17-6-3-4-7-18(17)14-20/h3-8,10,12-14,16H,9,11,15H2,1-2H3,(H,22,24). The van der Waals surface area contributed by atoms with Crippen LogP contribution in [-0.2, 0) is 21.2 Å². The first-order valence-electron chi connectivity index (χ1n) is 9.13. The first-order chi connectivity index (χ1) is 13.4. The van der Waals surface area contributed by atoms with Gasteiger partial charge in [-0.2, -0.15) is 4.31 Å². The Bertz CT molecular complexity index is 1050. The number of likely N-dealkylation sites (N-methyl/N-ethyl adjacent to an activating group) is 1. The molecule has 28 heavy (non-hydrogen) atoms. The van der Waals surface area contributed by atoms with E-state index in [1.54, 1.807) is 24.5 Å². The van der Waals surface area contributed by atoms with E-state index in [-0.39, 0.29) is 23.4 Å². The van der Waals surface area contributed by atoms with Crippen LogP contribution >= 0.6 is 0 Å². The van der Waals surface area contributed by atoms with Gasteiger partial charge in [-0.05, 0) is 48.4 Å². The van der Waals surface area contributed by atoms with Crippen molar-refractivity contribution in [3.8, 4) is 0 Å². The molecule has 0 aliphatic carbocycles. The number of hydrogen-bond donors (Lipinski definition) is 1. The van der Waals surface area contributed by atoms with Crippen LogP contribution < -0.4 is 5.32 Å². The van der Waals surface area contributed by atoms with Crippen molar-refractivity contribution in [1.29, 1.82) is 0 Å². The van der Waals surface area contributed by atoms with E-state index in [2.05, 4.69) is 5.32 Å². The van der Waals surface area contributed by atoms with E-state index >= 15 is 0 Å². The maximum absolute atomic E-state index is 12.8. The molecule has 3 rings (SSSR count). The van der Waals surface area contributed by atoms with Gasteiger partial charge in [-0.15, -0.1) is 0 Å². The quantitative estimate of drug-likeness (QED) is 0.630. The van der Waals surface area contributed by atoms with Crippen molar-refractivity contribution in [1.82, 2.24) is 9.62 Å². The lowest BCUT2D eigenvalue weighted by Gasteiger charge is -2.19. The molecule has 0 fully saturated rings. The van der Waals surface area contributed by atoms with Gasteiger partial charge in [-0.1, -0.05) is 30.3 Å². The van der Waals surface area contributed by atoms with Gasteiger partial charge in [-0.3, -0.25) is 4.79 Å². The number of rotatable bonds is 8. The molecule has 0 saturated carbocycles. The molecule has 3 aromatic rings. The number of sulfonamides is 1. The number of aryl methyl sites for hydroxylation is 1. The summed E-state index contributed by atoms with van der Waals surface area (Å²) in [7, 11) is -2.34. The molecule has 1 N–H and O–H groups in total. The second kappa shape index (κ2) is 8.58. The second-order valence-corrected chi connectivity index (χ2v) is 8.90. The summed E-state index contributed by atoms with van der Waals surface area (Å²) in [4.78, 5) is 12.4. The molecule has 1 amide bonds. The second-order valence-electron chi connectivity index (χ2n) is 6.86. The number of amides is 1. The third-order valence-corrected chi connectivity index (χ3v) is 6.41. The van der Waals surface area contributed by atoms with Crippen LogP contribution in [0.5, 0.6) is 0 Å².